The Bertz CT molecular complexity index is 567. The van der Waals surface area contributed by atoms with Crippen LogP contribution < -0.4 is 10.1 Å². The van der Waals surface area contributed by atoms with Crippen LogP contribution in [0.5, 0.6) is 5.75 Å². The first-order valence-corrected chi connectivity index (χ1v) is 6.37. The topological polar surface area (TPSA) is 47.6 Å². The highest BCUT2D eigenvalue weighted by atomic mass is 35.5. The summed E-state index contributed by atoms with van der Waals surface area (Å²) in [4.78, 5) is 11.0. The predicted octanol–water partition coefficient (Wildman–Crippen LogP) is 4.10. The van der Waals surface area contributed by atoms with Gasteiger partial charge >= 0.3 is 6.09 Å². The molecule has 104 valence electrons. The summed E-state index contributed by atoms with van der Waals surface area (Å²) in [5, 5.41) is 3.27. The minimum absolute atomic E-state index is 0.459. The molecule has 20 heavy (non-hydrogen) atoms. The molecule has 2 aromatic rings. The lowest BCUT2D eigenvalue weighted by Crippen LogP contribution is -2.10. The van der Waals surface area contributed by atoms with Crippen molar-refractivity contribution >= 4 is 23.4 Å². The Morgan fingerprint density at radius 3 is 2.35 bits per heavy atom. The molecule has 1 amide bonds. The van der Waals surface area contributed by atoms with E-state index in [1.165, 1.54) is 7.11 Å². The summed E-state index contributed by atoms with van der Waals surface area (Å²) in [6.45, 7) is 0.459. The van der Waals surface area contributed by atoms with Crippen LogP contribution in [0.4, 0.5) is 10.5 Å². The first kappa shape index (κ1) is 14.2. The normalized spacial score (nSPS) is 9.90. The fourth-order valence-corrected chi connectivity index (χ4v) is 1.68. The highest BCUT2D eigenvalue weighted by molar-refractivity contribution is 6.30. The van der Waals surface area contributed by atoms with Crippen LogP contribution in [0.15, 0.2) is 48.5 Å². The molecule has 0 saturated carbocycles. The van der Waals surface area contributed by atoms with Gasteiger partial charge in [0.2, 0.25) is 0 Å². The molecular formula is C15H14ClNO3. The van der Waals surface area contributed by atoms with Crippen LogP contribution in [-0.4, -0.2) is 13.2 Å². The molecule has 0 aromatic heterocycles. The van der Waals surface area contributed by atoms with Crippen LogP contribution in [0, 0.1) is 0 Å². The molecule has 2 aromatic carbocycles. The summed E-state index contributed by atoms with van der Waals surface area (Å²) in [6, 6.07) is 14.5. The van der Waals surface area contributed by atoms with Gasteiger partial charge in [0, 0.05) is 10.7 Å². The first-order chi connectivity index (χ1) is 9.67. The fourth-order valence-electron chi connectivity index (χ4n) is 1.55. The lowest BCUT2D eigenvalue weighted by Gasteiger charge is -2.08. The van der Waals surface area contributed by atoms with Crippen LogP contribution >= 0.6 is 11.6 Å². The zero-order valence-electron chi connectivity index (χ0n) is 10.9. The first-order valence-electron chi connectivity index (χ1n) is 5.99. The molecule has 0 aliphatic rings. The number of carbonyl (C=O) groups excluding carboxylic acids is 1. The average Bonchev–Trinajstić information content (AvgIpc) is 2.48. The number of hydrogen-bond donors (Lipinski definition) is 1. The van der Waals surface area contributed by atoms with Crippen molar-refractivity contribution in [3.05, 3.63) is 59.1 Å². The molecule has 0 aliphatic heterocycles. The van der Waals surface area contributed by atoms with Gasteiger partial charge in [-0.15, -0.1) is 0 Å². The van der Waals surface area contributed by atoms with Gasteiger partial charge in [0.25, 0.3) is 0 Å². The Morgan fingerprint density at radius 2 is 1.75 bits per heavy atom. The van der Waals surface area contributed by atoms with Crippen LogP contribution in [-0.2, 0) is 11.3 Å². The van der Waals surface area contributed by atoms with E-state index < -0.39 is 6.09 Å². The van der Waals surface area contributed by atoms with Gasteiger partial charge in [0.05, 0.1) is 7.11 Å². The molecule has 0 fully saturated rings. The van der Waals surface area contributed by atoms with Gasteiger partial charge in [0.1, 0.15) is 12.4 Å². The van der Waals surface area contributed by atoms with Gasteiger partial charge in [-0.2, -0.15) is 0 Å². The minimum atomic E-state index is -0.500. The number of amides is 1. The van der Waals surface area contributed by atoms with Crippen molar-refractivity contribution < 1.29 is 14.3 Å². The molecule has 0 aliphatic carbocycles. The smallest absolute Gasteiger partial charge is 0.411 e. The molecule has 0 unspecified atom stereocenters. The van der Waals surface area contributed by atoms with E-state index >= 15 is 0 Å². The van der Waals surface area contributed by atoms with E-state index in [-0.39, 0.29) is 0 Å². The summed E-state index contributed by atoms with van der Waals surface area (Å²) < 4.78 is 10.1. The maximum Gasteiger partial charge on any atom is 0.411 e. The van der Waals surface area contributed by atoms with Gasteiger partial charge < -0.3 is 9.47 Å². The summed E-state index contributed by atoms with van der Waals surface area (Å²) in [5.74, 6) is 0.718. The molecular weight excluding hydrogens is 278 g/mol. The van der Waals surface area contributed by atoms with E-state index in [0.29, 0.717) is 17.3 Å². The molecule has 2 rings (SSSR count). The van der Waals surface area contributed by atoms with Crippen LogP contribution in [0.25, 0.3) is 0 Å². The zero-order valence-corrected chi connectivity index (χ0v) is 11.7. The third kappa shape index (κ3) is 4.17. The van der Waals surface area contributed by atoms with E-state index in [0.717, 1.165) is 11.3 Å². The molecule has 5 heteroatoms. The zero-order chi connectivity index (χ0) is 14.4. The summed E-state index contributed by atoms with van der Waals surface area (Å²) in [7, 11) is 1.32. The largest absolute Gasteiger partial charge is 0.489 e. The van der Waals surface area contributed by atoms with Gasteiger partial charge in [-0.1, -0.05) is 23.7 Å². The summed E-state index contributed by atoms with van der Waals surface area (Å²) in [6.07, 6.45) is -0.500. The van der Waals surface area contributed by atoms with Gasteiger partial charge in [-0.05, 0) is 42.0 Å². The number of carbonyl (C=O) groups is 1. The molecule has 0 atom stereocenters. The second-order valence-corrected chi connectivity index (χ2v) is 4.49. The Hall–Kier alpha value is -2.20. The number of benzene rings is 2. The number of ether oxygens (including phenoxy) is 2. The van der Waals surface area contributed by atoms with E-state index in [2.05, 4.69) is 10.1 Å². The summed E-state index contributed by atoms with van der Waals surface area (Å²) in [5.41, 5.74) is 1.68. The average molecular weight is 292 g/mol. The van der Waals surface area contributed by atoms with Gasteiger partial charge in [0.15, 0.2) is 0 Å². The van der Waals surface area contributed by atoms with Crippen molar-refractivity contribution in [3.8, 4) is 5.75 Å². The molecule has 0 saturated heterocycles. The van der Waals surface area contributed by atoms with Crippen molar-refractivity contribution in [1.29, 1.82) is 0 Å². The van der Waals surface area contributed by atoms with E-state index in [4.69, 9.17) is 16.3 Å². The Morgan fingerprint density at radius 1 is 1.10 bits per heavy atom. The van der Waals surface area contributed by atoms with E-state index in [1.807, 2.05) is 24.3 Å². The van der Waals surface area contributed by atoms with Gasteiger partial charge in [-0.25, -0.2) is 4.79 Å². The van der Waals surface area contributed by atoms with E-state index in [1.54, 1.807) is 24.3 Å². The highest BCUT2D eigenvalue weighted by Gasteiger charge is 2.01. The third-order valence-corrected chi connectivity index (χ3v) is 2.86. The lowest BCUT2D eigenvalue weighted by atomic mass is 10.2. The van der Waals surface area contributed by atoms with E-state index in [9.17, 15) is 4.79 Å². The SMILES string of the molecule is COC(=O)Nc1ccc(OCc2ccc(Cl)cc2)cc1. The minimum Gasteiger partial charge on any atom is -0.489 e. The maximum absolute atomic E-state index is 11.0. The molecule has 0 heterocycles. The maximum atomic E-state index is 11.0. The Kier molecular flexibility index (Phi) is 4.85. The number of rotatable bonds is 4. The van der Waals surface area contributed by atoms with Crippen molar-refractivity contribution in [3.63, 3.8) is 0 Å². The standard InChI is InChI=1S/C15H14ClNO3/c1-19-15(18)17-13-6-8-14(9-7-13)20-10-11-2-4-12(16)5-3-11/h2-9H,10H2,1H3,(H,17,18). The van der Waals surface area contributed by atoms with Crippen LogP contribution in [0.3, 0.4) is 0 Å². The predicted molar refractivity (Wildman–Crippen MR) is 78.3 cm³/mol. The van der Waals surface area contributed by atoms with Gasteiger partial charge in [-0.3, -0.25) is 5.32 Å². The lowest BCUT2D eigenvalue weighted by molar-refractivity contribution is 0.187. The second kappa shape index (κ2) is 6.82. The summed E-state index contributed by atoms with van der Waals surface area (Å²) >= 11 is 5.81. The quantitative estimate of drug-likeness (QED) is 0.922. The fraction of sp³-hybridized carbons (Fsp3) is 0.133. The monoisotopic (exact) mass is 291 g/mol. The number of nitrogens with one attached hydrogen (secondary N) is 1. The molecule has 0 bridgehead atoms. The van der Waals surface area contributed by atoms with Crippen molar-refractivity contribution in [1.82, 2.24) is 0 Å². The number of hydrogen-bond acceptors (Lipinski definition) is 3. The van der Waals surface area contributed by atoms with Crippen molar-refractivity contribution in [2.45, 2.75) is 6.61 Å². The molecule has 4 nitrogen and oxygen atoms in total. The van der Waals surface area contributed by atoms with Crippen LogP contribution in [0.2, 0.25) is 5.02 Å². The Balaban J connectivity index is 1.90. The van der Waals surface area contributed by atoms with Crippen LogP contribution in [0.1, 0.15) is 5.56 Å². The molecule has 1 N–H and O–H groups in total. The Labute approximate surface area is 122 Å². The molecule has 0 radical (unpaired) electrons. The van der Waals surface area contributed by atoms with Crippen molar-refractivity contribution in [2.75, 3.05) is 12.4 Å². The molecule has 0 spiro atoms. The highest BCUT2D eigenvalue weighted by Crippen LogP contribution is 2.18. The number of halogens is 1. The second-order valence-electron chi connectivity index (χ2n) is 4.06. The number of methoxy groups -OCH3 is 1. The van der Waals surface area contributed by atoms with Crippen molar-refractivity contribution in [2.24, 2.45) is 0 Å². The third-order valence-electron chi connectivity index (χ3n) is 2.60. The number of anilines is 1.